The Morgan fingerprint density at radius 3 is 2.72 bits per heavy atom. The van der Waals surface area contributed by atoms with E-state index in [0.717, 1.165) is 5.56 Å². The third-order valence-electron chi connectivity index (χ3n) is 2.97. The molecule has 1 fully saturated rings. The van der Waals surface area contributed by atoms with Crippen molar-refractivity contribution in [3.63, 3.8) is 0 Å². The predicted molar refractivity (Wildman–Crippen MR) is 65.9 cm³/mol. The first kappa shape index (κ1) is 12.6. The van der Waals surface area contributed by atoms with Gasteiger partial charge in [-0.1, -0.05) is 30.3 Å². The molecular weight excluding hydrogens is 232 g/mol. The van der Waals surface area contributed by atoms with Crippen LogP contribution in [0, 0.1) is 0 Å². The maximum atomic E-state index is 11.8. The number of hydrogen-bond acceptors (Lipinski definition) is 4. The third-order valence-corrected chi connectivity index (χ3v) is 2.97. The average Bonchev–Trinajstić information content (AvgIpc) is 2.41. The summed E-state index contributed by atoms with van der Waals surface area (Å²) in [5, 5.41) is 5.73. The van der Waals surface area contributed by atoms with Crippen molar-refractivity contribution < 1.29 is 14.3 Å². The molecule has 1 aliphatic heterocycles. The number of methoxy groups -OCH3 is 1. The van der Waals surface area contributed by atoms with Crippen molar-refractivity contribution >= 4 is 11.9 Å². The van der Waals surface area contributed by atoms with Crippen molar-refractivity contribution in [1.29, 1.82) is 0 Å². The maximum absolute atomic E-state index is 11.8. The smallest absolute Gasteiger partial charge is 0.329 e. The van der Waals surface area contributed by atoms with E-state index in [4.69, 9.17) is 0 Å². The van der Waals surface area contributed by atoms with Crippen LogP contribution in [-0.4, -0.2) is 37.6 Å². The molecule has 0 aliphatic carbocycles. The summed E-state index contributed by atoms with van der Waals surface area (Å²) in [6.07, 6.45) is 0.612. The minimum absolute atomic E-state index is 0.166. The number of esters is 1. The van der Waals surface area contributed by atoms with Crippen LogP contribution in [0.2, 0.25) is 0 Å². The molecule has 2 atom stereocenters. The largest absolute Gasteiger partial charge is 0.467 e. The molecule has 1 aliphatic rings. The predicted octanol–water partition coefficient (Wildman–Crippen LogP) is -0.141. The Labute approximate surface area is 106 Å². The molecule has 96 valence electrons. The summed E-state index contributed by atoms with van der Waals surface area (Å²) in [7, 11) is 1.31. The van der Waals surface area contributed by atoms with Crippen LogP contribution in [0.1, 0.15) is 5.56 Å². The molecular formula is C13H16N2O3. The summed E-state index contributed by atoms with van der Waals surface area (Å²) in [6.45, 7) is 0.399. The summed E-state index contributed by atoms with van der Waals surface area (Å²) in [5.74, 6) is -0.588. The van der Waals surface area contributed by atoms with Gasteiger partial charge in [-0.05, 0) is 12.0 Å². The number of hydrogen-bond donors (Lipinski definition) is 2. The number of ether oxygens (including phenoxy) is 1. The van der Waals surface area contributed by atoms with E-state index in [0.29, 0.717) is 13.0 Å². The van der Waals surface area contributed by atoms with Crippen LogP contribution in [0.3, 0.4) is 0 Å². The van der Waals surface area contributed by atoms with E-state index < -0.39 is 12.0 Å². The zero-order valence-corrected chi connectivity index (χ0v) is 10.2. The number of nitrogens with one attached hydrogen (secondary N) is 2. The second-order valence-corrected chi connectivity index (χ2v) is 4.23. The van der Waals surface area contributed by atoms with Gasteiger partial charge in [-0.15, -0.1) is 0 Å². The van der Waals surface area contributed by atoms with E-state index in [1.54, 1.807) is 0 Å². The van der Waals surface area contributed by atoms with Crippen molar-refractivity contribution in [2.45, 2.75) is 18.5 Å². The average molecular weight is 248 g/mol. The van der Waals surface area contributed by atoms with Crippen LogP contribution >= 0.6 is 0 Å². The van der Waals surface area contributed by atoms with Gasteiger partial charge in [0.15, 0.2) is 0 Å². The topological polar surface area (TPSA) is 67.4 Å². The first-order valence-electron chi connectivity index (χ1n) is 5.86. The van der Waals surface area contributed by atoms with Gasteiger partial charge in [0, 0.05) is 6.54 Å². The van der Waals surface area contributed by atoms with Crippen LogP contribution in [0.15, 0.2) is 30.3 Å². The summed E-state index contributed by atoms with van der Waals surface area (Å²) >= 11 is 0. The van der Waals surface area contributed by atoms with Crippen LogP contribution in [0.25, 0.3) is 0 Å². The standard InChI is InChI=1S/C13H16N2O3/c1-18-13(17)11-8-14-10(12(16)15-11)7-9-5-3-2-4-6-9/h2-6,10-11,14H,7-8H2,1H3,(H,15,16). The monoisotopic (exact) mass is 248 g/mol. The number of amides is 1. The van der Waals surface area contributed by atoms with E-state index in [2.05, 4.69) is 15.4 Å². The Balaban J connectivity index is 1.94. The molecule has 0 aromatic heterocycles. The molecule has 1 aromatic carbocycles. The molecule has 1 aromatic rings. The lowest BCUT2D eigenvalue weighted by Gasteiger charge is -2.28. The normalized spacial score (nSPS) is 23.3. The van der Waals surface area contributed by atoms with Crippen LogP contribution in [-0.2, 0) is 20.7 Å². The second kappa shape index (κ2) is 5.64. The Morgan fingerprint density at radius 1 is 1.39 bits per heavy atom. The quantitative estimate of drug-likeness (QED) is 0.731. The van der Waals surface area contributed by atoms with Crippen molar-refractivity contribution in [2.75, 3.05) is 13.7 Å². The highest BCUT2D eigenvalue weighted by Crippen LogP contribution is 2.06. The van der Waals surface area contributed by atoms with Crippen molar-refractivity contribution in [3.05, 3.63) is 35.9 Å². The number of benzene rings is 1. The van der Waals surface area contributed by atoms with Gasteiger partial charge in [0.1, 0.15) is 6.04 Å². The highest BCUT2D eigenvalue weighted by atomic mass is 16.5. The molecule has 1 amide bonds. The maximum Gasteiger partial charge on any atom is 0.329 e. The summed E-state index contributed by atoms with van der Waals surface area (Å²) < 4.78 is 4.60. The van der Waals surface area contributed by atoms with Crippen LogP contribution in [0.5, 0.6) is 0 Å². The Kier molecular flexibility index (Phi) is 3.94. The van der Waals surface area contributed by atoms with Gasteiger partial charge in [0.2, 0.25) is 5.91 Å². The minimum Gasteiger partial charge on any atom is -0.467 e. The first-order valence-corrected chi connectivity index (χ1v) is 5.86. The highest BCUT2D eigenvalue weighted by Gasteiger charge is 2.31. The molecule has 2 N–H and O–H groups in total. The van der Waals surface area contributed by atoms with Gasteiger partial charge >= 0.3 is 5.97 Å². The van der Waals surface area contributed by atoms with Gasteiger partial charge in [-0.3, -0.25) is 4.79 Å². The van der Waals surface area contributed by atoms with Crippen molar-refractivity contribution in [2.24, 2.45) is 0 Å². The molecule has 0 bridgehead atoms. The van der Waals surface area contributed by atoms with Gasteiger partial charge in [-0.25, -0.2) is 4.79 Å². The zero-order chi connectivity index (χ0) is 13.0. The van der Waals surface area contributed by atoms with E-state index >= 15 is 0 Å². The number of rotatable bonds is 3. The highest BCUT2D eigenvalue weighted by molar-refractivity contribution is 5.89. The van der Waals surface area contributed by atoms with Gasteiger partial charge in [-0.2, -0.15) is 0 Å². The third kappa shape index (κ3) is 2.87. The van der Waals surface area contributed by atoms with Gasteiger partial charge < -0.3 is 15.4 Å². The molecule has 1 heterocycles. The fourth-order valence-electron chi connectivity index (χ4n) is 1.98. The van der Waals surface area contributed by atoms with Gasteiger partial charge in [0.05, 0.1) is 13.2 Å². The minimum atomic E-state index is -0.588. The van der Waals surface area contributed by atoms with Crippen LogP contribution < -0.4 is 10.6 Å². The molecule has 18 heavy (non-hydrogen) atoms. The Hall–Kier alpha value is -1.88. The summed E-state index contributed by atoms with van der Waals surface area (Å²) in [4.78, 5) is 23.1. The molecule has 2 rings (SSSR count). The lowest BCUT2D eigenvalue weighted by atomic mass is 10.0. The SMILES string of the molecule is COC(=O)C1CNC(Cc2ccccc2)C(=O)N1. The van der Waals surface area contributed by atoms with E-state index in [1.165, 1.54) is 7.11 Å². The summed E-state index contributed by atoms with van der Waals surface area (Å²) in [5.41, 5.74) is 1.08. The molecule has 5 nitrogen and oxygen atoms in total. The number of carbonyl (C=O) groups excluding carboxylic acids is 2. The Morgan fingerprint density at radius 2 is 2.11 bits per heavy atom. The van der Waals surface area contributed by atoms with E-state index in [-0.39, 0.29) is 11.9 Å². The Bertz CT molecular complexity index is 433. The molecule has 5 heteroatoms. The molecule has 0 saturated carbocycles. The lowest BCUT2D eigenvalue weighted by Crippen LogP contribution is -2.61. The van der Waals surface area contributed by atoms with Crippen molar-refractivity contribution in [1.82, 2.24) is 10.6 Å². The summed E-state index contributed by atoms with van der Waals surface area (Å²) in [6, 6.07) is 8.87. The van der Waals surface area contributed by atoms with E-state index in [9.17, 15) is 9.59 Å². The molecule has 0 radical (unpaired) electrons. The number of piperazine rings is 1. The molecule has 0 spiro atoms. The lowest BCUT2D eigenvalue weighted by molar-refractivity contribution is -0.146. The zero-order valence-electron chi connectivity index (χ0n) is 10.2. The first-order chi connectivity index (χ1) is 8.70. The molecule has 1 saturated heterocycles. The van der Waals surface area contributed by atoms with E-state index in [1.807, 2.05) is 30.3 Å². The van der Waals surface area contributed by atoms with Crippen molar-refractivity contribution in [3.8, 4) is 0 Å². The van der Waals surface area contributed by atoms with Crippen LogP contribution in [0.4, 0.5) is 0 Å². The van der Waals surface area contributed by atoms with Gasteiger partial charge in [0.25, 0.3) is 0 Å². The second-order valence-electron chi connectivity index (χ2n) is 4.23. The number of carbonyl (C=O) groups is 2. The fraction of sp³-hybridized carbons (Fsp3) is 0.385. The molecule has 2 unspecified atom stereocenters. The fourth-order valence-corrected chi connectivity index (χ4v) is 1.98.